The first-order valence-corrected chi connectivity index (χ1v) is 13.2. The van der Waals surface area contributed by atoms with E-state index in [9.17, 15) is 0 Å². The molecule has 0 bridgehead atoms. The van der Waals surface area contributed by atoms with E-state index in [1.165, 1.54) is 68.3 Å². The van der Waals surface area contributed by atoms with Gasteiger partial charge in [0.1, 0.15) is 12.4 Å². The minimum Gasteiger partial charge on any atom is -0.247 e. The maximum Gasteiger partial charge on any atom is 0.258 e. The Hall–Kier alpha value is -2.35. The minimum atomic E-state index is 0.00627. The van der Waals surface area contributed by atoms with Gasteiger partial charge in [-0.25, -0.2) is 9.55 Å². The minimum absolute atomic E-state index is 0.00627. The van der Waals surface area contributed by atoms with E-state index < -0.39 is 0 Å². The maximum absolute atomic E-state index is 3.68. The van der Waals surface area contributed by atoms with E-state index in [1.54, 1.807) is 0 Å². The van der Waals surface area contributed by atoms with Crippen molar-refractivity contribution in [1.29, 1.82) is 0 Å². The third-order valence-corrected chi connectivity index (χ3v) is 7.34. The second-order valence-electron chi connectivity index (χ2n) is 10.3. The fourth-order valence-electron chi connectivity index (χ4n) is 5.42. The predicted molar refractivity (Wildman–Crippen MR) is 141 cm³/mol. The Morgan fingerprint density at radius 2 is 1.42 bits per heavy atom. The van der Waals surface area contributed by atoms with E-state index in [2.05, 4.69) is 110 Å². The standard InChI is InChI=1S/C31H44N2/c1-5-6-7-8-9-10-17-22-29(30-32-23-24-33(30)26(2)3)31(4,28-20-15-12-16-21-28)25-27-18-13-11-14-19-27/h11-16,18-21,23-24,26,29H,5-10,17,22,25H2,1-4H3/p+1. The summed E-state index contributed by atoms with van der Waals surface area (Å²) in [6.45, 7) is 9.37. The molecule has 0 saturated heterocycles. The molecule has 2 unspecified atom stereocenters. The largest absolute Gasteiger partial charge is 0.258 e. The third kappa shape index (κ3) is 6.82. The Bertz CT molecular complexity index is 912. The van der Waals surface area contributed by atoms with Gasteiger partial charge in [0.25, 0.3) is 5.82 Å². The van der Waals surface area contributed by atoms with Crippen molar-refractivity contribution < 1.29 is 4.57 Å². The lowest BCUT2D eigenvalue weighted by Gasteiger charge is -2.37. The van der Waals surface area contributed by atoms with Crippen molar-refractivity contribution in [2.24, 2.45) is 0 Å². The molecule has 3 aromatic rings. The number of hydrogen-bond acceptors (Lipinski definition) is 0. The van der Waals surface area contributed by atoms with Crippen LogP contribution in [-0.2, 0) is 11.8 Å². The molecular formula is C31H45N2+. The predicted octanol–water partition coefficient (Wildman–Crippen LogP) is 8.31. The van der Waals surface area contributed by atoms with E-state index in [1.807, 2.05) is 0 Å². The van der Waals surface area contributed by atoms with Crippen LogP contribution in [0.15, 0.2) is 73.1 Å². The van der Waals surface area contributed by atoms with Gasteiger partial charge < -0.3 is 0 Å². The molecule has 0 saturated carbocycles. The van der Waals surface area contributed by atoms with Crippen LogP contribution in [0.25, 0.3) is 0 Å². The van der Waals surface area contributed by atoms with Crippen LogP contribution < -0.4 is 4.57 Å². The Balaban J connectivity index is 1.92. The number of aromatic nitrogens is 2. The molecule has 0 radical (unpaired) electrons. The van der Waals surface area contributed by atoms with Crippen LogP contribution in [0.2, 0.25) is 0 Å². The number of benzene rings is 2. The van der Waals surface area contributed by atoms with E-state index >= 15 is 0 Å². The Morgan fingerprint density at radius 3 is 2.06 bits per heavy atom. The fourth-order valence-corrected chi connectivity index (χ4v) is 5.42. The summed E-state index contributed by atoms with van der Waals surface area (Å²) in [5.41, 5.74) is 2.86. The topological polar surface area (TPSA) is 19.7 Å². The Morgan fingerprint density at radius 1 is 0.818 bits per heavy atom. The Kier molecular flexibility index (Phi) is 9.78. The zero-order chi connectivity index (χ0) is 23.5. The van der Waals surface area contributed by atoms with E-state index in [-0.39, 0.29) is 5.41 Å². The summed E-state index contributed by atoms with van der Waals surface area (Å²) in [4.78, 5) is 3.68. The molecule has 1 heterocycles. The number of aromatic amines is 1. The smallest absolute Gasteiger partial charge is 0.247 e. The van der Waals surface area contributed by atoms with E-state index in [0.29, 0.717) is 12.0 Å². The molecule has 0 aliphatic rings. The average Bonchev–Trinajstić information content (AvgIpc) is 3.32. The van der Waals surface area contributed by atoms with Crippen LogP contribution in [-0.4, -0.2) is 4.98 Å². The van der Waals surface area contributed by atoms with Gasteiger partial charge >= 0.3 is 0 Å². The van der Waals surface area contributed by atoms with Crippen LogP contribution in [0.1, 0.15) is 108 Å². The fraction of sp³-hybridized carbons (Fsp3) is 0.516. The number of nitrogens with one attached hydrogen (secondary N) is 1. The monoisotopic (exact) mass is 445 g/mol. The van der Waals surface area contributed by atoms with Gasteiger partial charge in [0.05, 0.1) is 12.0 Å². The van der Waals surface area contributed by atoms with Gasteiger partial charge in [-0.05, 0) is 37.8 Å². The van der Waals surface area contributed by atoms with Gasteiger partial charge in [0.15, 0.2) is 0 Å². The van der Waals surface area contributed by atoms with Gasteiger partial charge in [0, 0.05) is 5.41 Å². The third-order valence-electron chi connectivity index (χ3n) is 7.34. The van der Waals surface area contributed by atoms with Crippen LogP contribution in [0, 0.1) is 0 Å². The maximum atomic E-state index is 3.68. The second kappa shape index (κ2) is 12.8. The lowest BCUT2D eigenvalue weighted by molar-refractivity contribution is -0.723. The SMILES string of the molecule is CCCCCCCCCC(c1[nH]cc[n+]1C(C)C)C(C)(Cc1ccccc1)c1ccccc1. The summed E-state index contributed by atoms with van der Waals surface area (Å²) >= 11 is 0. The van der Waals surface area contributed by atoms with Gasteiger partial charge in [-0.1, -0.05) is 119 Å². The molecule has 0 amide bonds. The highest BCUT2D eigenvalue weighted by atomic mass is 15.1. The summed E-state index contributed by atoms with van der Waals surface area (Å²) in [6, 6.07) is 22.7. The molecule has 3 rings (SSSR count). The van der Waals surface area contributed by atoms with Crippen molar-refractivity contribution in [2.75, 3.05) is 0 Å². The van der Waals surface area contributed by atoms with Crippen molar-refractivity contribution >= 4 is 0 Å². The molecule has 2 atom stereocenters. The highest BCUT2D eigenvalue weighted by Crippen LogP contribution is 2.43. The number of nitrogens with zero attached hydrogens (tertiary/aromatic N) is 1. The van der Waals surface area contributed by atoms with Crippen molar-refractivity contribution in [3.05, 3.63) is 90.0 Å². The number of hydrogen-bond donors (Lipinski definition) is 1. The molecule has 178 valence electrons. The number of imidazole rings is 1. The highest BCUT2D eigenvalue weighted by Gasteiger charge is 2.42. The molecule has 0 aliphatic carbocycles. The van der Waals surface area contributed by atoms with Crippen molar-refractivity contribution in [2.45, 2.75) is 103 Å². The van der Waals surface area contributed by atoms with Crippen molar-refractivity contribution in [1.82, 2.24) is 4.98 Å². The summed E-state index contributed by atoms with van der Waals surface area (Å²) in [5.74, 6) is 1.80. The second-order valence-corrected chi connectivity index (χ2v) is 10.3. The van der Waals surface area contributed by atoms with Crippen LogP contribution in [0.3, 0.4) is 0 Å². The molecule has 0 fully saturated rings. The van der Waals surface area contributed by atoms with E-state index in [0.717, 1.165) is 6.42 Å². The molecule has 2 aromatic carbocycles. The molecule has 1 aromatic heterocycles. The number of unbranched alkanes of at least 4 members (excludes halogenated alkanes) is 6. The zero-order valence-corrected chi connectivity index (χ0v) is 21.4. The van der Waals surface area contributed by atoms with Gasteiger partial charge in [0.2, 0.25) is 0 Å². The van der Waals surface area contributed by atoms with Gasteiger partial charge in [-0.15, -0.1) is 0 Å². The number of rotatable bonds is 14. The molecule has 2 heteroatoms. The molecule has 2 nitrogen and oxygen atoms in total. The normalized spacial score (nSPS) is 14.3. The molecule has 0 aliphatic heterocycles. The molecule has 33 heavy (non-hydrogen) atoms. The summed E-state index contributed by atoms with van der Waals surface area (Å²) in [5, 5.41) is 0. The quantitative estimate of drug-likeness (QED) is 0.190. The number of H-pyrrole nitrogens is 1. The van der Waals surface area contributed by atoms with Gasteiger partial charge in [-0.3, -0.25) is 0 Å². The van der Waals surface area contributed by atoms with Crippen LogP contribution in [0.4, 0.5) is 0 Å². The summed E-state index contributed by atoms with van der Waals surface area (Å²) < 4.78 is 2.46. The molecule has 1 N–H and O–H groups in total. The van der Waals surface area contributed by atoms with Crippen LogP contribution in [0.5, 0.6) is 0 Å². The average molecular weight is 446 g/mol. The lowest BCUT2D eigenvalue weighted by atomic mass is 9.66. The van der Waals surface area contributed by atoms with Gasteiger partial charge in [-0.2, -0.15) is 0 Å². The first-order valence-electron chi connectivity index (χ1n) is 13.2. The first-order chi connectivity index (χ1) is 16.1. The van der Waals surface area contributed by atoms with Crippen molar-refractivity contribution in [3.8, 4) is 0 Å². The van der Waals surface area contributed by atoms with Crippen LogP contribution >= 0.6 is 0 Å². The lowest BCUT2D eigenvalue weighted by Crippen LogP contribution is -2.45. The first kappa shape index (κ1) is 25.3. The molecule has 0 spiro atoms. The summed E-state index contributed by atoms with van der Waals surface area (Å²) in [7, 11) is 0. The van der Waals surface area contributed by atoms with Crippen molar-refractivity contribution in [3.63, 3.8) is 0 Å². The zero-order valence-electron chi connectivity index (χ0n) is 21.4. The highest BCUT2D eigenvalue weighted by molar-refractivity contribution is 5.32. The summed E-state index contributed by atoms with van der Waals surface area (Å²) in [6.07, 6.45) is 16.0. The molecular weight excluding hydrogens is 400 g/mol. The van der Waals surface area contributed by atoms with E-state index in [4.69, 9.17) is 0 Å². The Labute approximate surface area is 202 Å².